The Morgan fingerprint density at radius 3 is 2.88 bits per heavy atom. The van der Waals surface area contributed by atoms with Crippen LogP contribution < -0.4 is 5.32 Å². The molecule has 8 heavy (non-hydrogen) atoms. The zero-order chi connectivity index (χ0) is 6.41. The molecule has 3 heteroatoms. The van der Waals surface area contributed by atoms with E-state index >= 15 is 0 Å². The smallest absolute Gasteiger partial charge is 0.112 e. The van der Waals surface area contributed by atoms with Gasteiger partial charge in [0.05, 0.1) is 12.4 Å². The predicted octanol–water partition coefficient (Wildman–Crippen LogP) is 0.146. The van der Waals surface area contributed by atoms with E-state index in [1.807, 2.05) is 6.07 Å². The molecule has 1 atom stereocenters. The number of aliphatic imine (C=N–C) groups is 1. The Kier molecular flexibility index (Phi) is 3.59. The maximum absolute atomic E-state index is 8.19. The van der Waals surface area contributed by atoms with Gasteiger partial charge in [0.15, 0.2) is 0 Å². The van der Waals surface area contributed by atoms with E-state index in [9.17, 15) is 0 Å². The predicted molar refractivity (Wildman–Crippen MR) is 32.6 cm³/mol. The molecule has 0 spiro atoms. The summed E-state index contributed by atoms with van der Waals surface area (Å²) in [6.45, 7) is 1.77. The van der Waals surface area contributed by atoms with E-state index in [4.69, 9.17) is 5.26 Å². The Balaban J connectivity index is 3.28. The minimum Gasteiger partial charge on any atom is -0.361 e. The van der Waals surface area contributed by atoms with Crippen LogP contribution in [0.25, 0.3) is 0 Å². The van der Waals surface area contributed by atoms with Crippen LogP contribution >= 0.6 is 0 Å². The van der Waals surface area contributed by atoms with Crippen LogP contribution in [-0.4, -0.2) is 19.4 Å². The molecule has 0 aliphatic carbocycles. The summed E-state index contributed by atoms with van der Waals surface area (Å²) in [6.07, 6.45) is 1.51. The molecule has 0 bridgehead atoms. The van der Waals surface area contributed by atoms with Gasteiger partial charge in [0.25, 0.3) is 0 Å². The van der Waals surface area contributed by atoms with Gasteiger partial charge in [-0.05, 0) is 6.92 Å². The molecule has 0 aromatic heterocycles. The van der Waals surface area contributed by atoms with E-state index in [0.717, 1.165) is 0 Å². The number of hydrogen-bond acceptors (Lipinski definition) is 2. The molecule has 1 N–H and O–H groups in total. The minimum atomic E-state index is -0.140. The zero-order valence-corrected chi connectivity index (χ0v) is 5.05. The average molecular weight is 111 g/mol. The standard InChI is InChI=1S/C5H9N3/c1-5(3-6)8-4-7-2/h4-5H,1-2H3,(H,7,8). The van der Waals surface area contributed by atoms with Crippen molar-refractivity contribution in [2.75, 3.05) is 7.05 Å². The Labute approximate surface area is 49.0 Å². The second-order valence-electron chi connectivity index (χ2n) is 1.40. The lowest BCUT2D eigenvalue weighted by Crippen LogP contribution is -2.21. The van der Waals surface area contributed by atoms with Crippen LogP contribution in [0.2, 0.25) is 0 Å². The highest BCUT2D eigenvalue weighted by atomic mass is 14.9. The molecular weight excluding hydrogens is 102 g/mol. The maximum atomic E-state index is 8.19. The summed E-state index contributed by atoms with van der Waals surface area (Å²) in [4.78, 5) is 3.64. The molecule has 0 saturated heterocycles. The summed E-state index contributed by atoms with van der Waals surface area (Å²) in [5, 5.41) is 10.9. The third-order valence-corrected chi connectivity index (χ3v) is 0.647. The van der Waals surface area contributed by atoms with Gasteiger partial charge in [0.1, 0.15) is 6.04 Å². The quantitative estimate of drug-likeness (QED) is 0.407. The van der Waals surface area contributed by atoms with Gasteiger partial charge < -0.3 is 5.32 Å². The molecular formula is C5H9N3. The minimum absolute atomic E-state index is 0.140. The lowest BCUT2D eigenvalue weighted by molar-refractivity contribution is 0.831. The monoisotopic (exact) mass is 111 g/mol. The Morgan fingerprint density at radius 1 is 1.88 bits per heavy atom. The Morgan fingerprint density at radius 2 is 2.50 bits per heavy atom. The van der Waals surface area contributed by atoms with E-state index in [0.29, 0.717) is 0 Å². The van der Waals surface area contributed by atoms with E-state index in [-0.39, 0.29) is 6.04 Å². The molecule has 0 fully saturated rings. The van der Waals surface area contributed by atoms with Gasteiger partial charge >= 0.3 is 0 Å². The highest BCUT2D eigenvalue weighted by molar-refractivity contribution is 5.54. The number of hydrogen-bond donors (Lipinski definition) is 1. The number of nitrogens with zero attached hydrogens (tertiary/aromatic N) is 2. The average Bonchev–Trinajstić information content (AvgIpc) is 1.83. The van der Waals surface area contributed by atoms with Gasteiger partial charge in [0, 0.05) is 7.05 Å². The lowest BCUT2D eigenvalue weighted by Gasteiger charge is -1.96. The topological polar surface area (TPSA) is 48.2 Å². The Hall–Kier alpha value is -1.04. The number of rotatable bonds is 2. The normalized spacial score (nSPS) is 13.1. The summed E-state index contributed by atoms with van der Waals surface area (Å²) in [5.41, 5.74) is 0. The number of nitriles is 1. The van der Waals surface area contributed by atoms with Crippen LogP contribution in [0.15, 0.2) is 4.99 Å². The van der Waals surface area contributed by atoms with E-state index in [1.165, 1.54) is 6.34 Å². The molecule has 44 valence electrons. The first kappa shape index (κ1) is 6.96. The summed E-state index contributed by atoms with van der Waals surface area (Å²) in [5.74, 6) is 0. The van der Waals surface area contributed by atoms with Crippen LogP contribution in [0.1, 0.15) is 6.92 Å². The van der Waals surface area contributed by atoms with Gasteiger partial charge in [-0.3, -0.25) is 4.99 Å². The highest BCUT2D eigenvalue weighted by Crippen LogP contribution is 1.70. The van der Waals surface area contributed by atoms with Crippen molar-refractivity contribution in [3.05, 3.63) is 0 Å². The van der Waals surface area contributed by atoms with Crippen LogP contribution in [0.3, 0.4) is 0 Å². The zero-order valence-electron chi connectivity index (χ0n) is 5.05. The lowest BCUT2D eigenvalue weighted by atomic mass is 10.4. The molecule has 0 saturated carbocycles. The van der Waals surface area contributed by atoms with Gasteiger partial charge in [-0.1, -0.05) is 0 Å². The molecule has 0 radical (unpaired) electrons. The van der Waals surface area contributed by atoms with E-state index in [2.05, 4.69) is 10.3 Å². The highest BCUT2D eigenvalue weighted by Gasteiger charge is 1.88. The molecule has 1 unspecified atom stereocenters. The van der Waals surface area contributed by atoms with Crippen LogP contribution in [0.4, 0.5) is 0 Å². The van der Waals surface area contributed by atoms with Crippen LogP contribution in [0.5, 0.6) is 0 Å². The van der Waals surface area contributed by atoms with Crippen molar-refractivity contribution in [2.24, 2.45) is 4.99 Å². The molecule has 3 nitrogen and oxygen atoms in total. The SMILES string of the molecule is CN=CNC(C)C#N. The summed E-state index contributed by atoms with van der Waals surface area (Å²) < 4.78 is 0. The van der Waals surface area contributed by atoms with Gasteiger partial charge in [-0.2, -0.15) is 5.26 Å². The maximum Gasteiger partial charge on any atom is 0.112 e. The summed E-state index contributed by atoms with van der Waals surface area (Å²) in [6, 6.07) is 1.86. The first-order valence-electron chi connectivity index (χ1n) is 2.37. The van der Waals surface area contributed by atoms with E-state index < -0.39 is 0 Å². The molecule has 0 aromatic carbocycles. The third-order valence-electron chi connectivity index (χ3n) is 0.647. The first-order chi connectivity index (χ1) is 3.81. The van der Waals surface area contributed by atoms with Crippen molar-refractivity contribution in [1.82, 2.24) is 5.32 Å². The molecule has 0 aliphatic rings. The van der Waals surface area contributed by atoms with Crippen LogP contribution in [-0.2, 0) is 0 Å². The fraction of sp³-hybridized carbons (Fsp3) is 0.600. The molecule has 0 rings (SSSR count). The van der Waals surface area contributed by atoms with Crippen LogP contribution in [0, 0.1) is 11.3 Å². The van der Waals surface area contributed by atoms with Crippen molar-refractivity contribution >= 4 is 6.34 Å². The second kappa shape index (κ2) is 4.13. The van der Waals surface area contributed by atoms with E-state index in [1.54, 1.807) is 14.0 Å². The van der Waals surface area contributed by atoms with Gasteiger partial charge in [-0.15, -0.1) is 0 Å². The largest absolute Gasteiger partial charge is 0.361 e. The van der Waals surface area contributed by atoms with Gasteiger partial charge in [0.2, 0.25) is 0 Å². The first-order valence-corrected chi connectivity index (χ1v) is 2.37. The van der Waals surface area contributed by atoms with Crippen molar-refractivity contribution in [1.29, 1.82) is 5.26 Å². The summed E-state index contributed by atoms with van der Waals surface area (Å²) >= 11 is 0. The fourth-order valence-electron chi connectivity index (χ4n) is 0.224. The molecule has 0 heterocycles. The van der Waals surface area contributed by atoms with Crippen molar-refractivity contribution < 1.29 is 0 Å². The molecule has 0 aromatic rings. The summed E-state index contributed by atoms with van der Waals surface area (Å²) in [7, 11) is 1.65. The third kappa shape index (κ3) is 3.16. The number of nitrogens with one attached hydrogen (secondary N) is 1. The molecule has 0 amide bonds. The van der Waals surface area contributed by atoms with Crippen molar-refractivity contribution in [3.8, 4) is 6.07 Å². The van der Waals surface area contributed by atoms with Crippen molar-refractivity contribution in [2.45, 2.75) is 13.0 Å². The van der Waals surface area contributed by atoms with Crippen molar-refractivity contribution in [3.63, 3.8) is 0 Å². The fourth-order valence-corrected chi connectivity index (χ4v) is 0.224. The molecule has 0 aliphatic heterocycles. The van der Waals surface area contributed by atoms with Gasteiger partial charge in [-0.25, -0.2) is 0 Å². The second-order valence-corrected chi connectivity index (χ2v) is 1.40. The Bertz CT molecular complexity index is 111.